The van der Waals surface area contributed by atoms with Crippen molar-refractivity contribution in [3.05, 3.63) is 17.8 Å². The molecule has 0 spiro atoms. The fourth-order valence-corrected chi connectivity index (χ4v) is 1.88. The van der Waals surface area contributed by atoms with Gasteiger partial charge in [0, 0.05) is 13.1 Å². The number of nitrogen functional groups attached to an aromatic ring is 1. The third kappa shape index (κ3) is 3.62. The summed E-state index contributed by atoms with van der Waals surface area (Å²) in [6.45, 7) is 10.7. The van der Waals surface area contributed by atoms with E-state index in [-0.39, 0.29) is 11.5 Å². The van der Waals surface area contributed by atoms with Crippen molar-refractivity contribution in [3.8, 4) is 0 Å². The van der Waals surface area contributed by atoms with E-state index < -0.39 is 5.97 Å². The van der Waals surface area contributed by atoms with Crippen molar-refractivity contribution in [2.75, 3.05) is 24.3 Å². The fraction of sp³-hybridized carbons (Fsp3) is 0.600. The minimum atomic E-state index is -0.393. The zero-order valence-corrected chi connectivity index (χ0v) is 13.2. The van der Waals surface area contributed by atoms with E-state index >= 15 is 0 Å². The van der Waals surface area contributed by atoms with Gasteiger partial charge < -0.3 is 15.4 Å². The largest absolute Gasteiger partial charge is 0.462 e. The molecule has 0 saturated heterocycles. The predicted molar refractivity (Wildman–Crippen MR) is 81.9 cm³/mol. The van der Waals surface area contributed by atoms with Crippen molar-refractivity contribution in [1.29, 1.82) is 0 Å². The maximum Gasteiger partial charge on any atom is 0.341 e. The summed E-state index contributed by atoms with van der Waals surface area (Å²) in [5.41, 5.74) is 6.65. The van der Waals surface area contributed by atoms with E-state index in [1.54, 1.807) is 19.2 Å². The molecule has 1 aromatic heterocycles. The van der Waals surface area contributed by atoms with Crippen molar-refractivity contribution < 1.29 is 9.53 Å². The van der Waals surface area contributed by atoms with Gasteiger partial charge in [0.25, 0.3) is 0 Å². The first kappa shape index (κ1) is 16.3. The number of carbonyl (C=O) groups is 1. The average molecular weight is 279 g/mol. The Labute approximate surface area is 121 Å². The normalized spacial score (nSPS) is 12.9. The number of rotatable bonds is 4. The molecule has 1 rings (SSSR count). The smallest absolute Gasteiger partial charge is 0.341 e. The number of hydrogen-bond acceptors (Lipinski definition) is 5. The van der Waals surface area contributed by atoms with Crippen LogP contribution in [0.1, 0.15) is 45.0 Å². The van der Waals surface area contributed by atoms with Gasteiger partial charge in [0.15, 0.2) is 0 Å². The van der Waals surface area contributed by atoms with Gasteiger partial charge in [0.2, 0.25) is 0 Å². The van der Waals surface area contributed by atoms with Crippen molar-refractivity contribution in [1.82, 2.24) is 4.98 Å². The van der Waals surface area contributed by atoms with Crippen molar-refractivity contribution in [2.24, 2.45) is 5.41 Å². The second kappa shape index (κ2) is 6.11. The summed E-state index contributed by atoms with van der Waals surface area (Å²) in [6, 6.07) is 1.82. The Morgan fingerprint density at radius 2 is 2.10 bits per heavy atom. The van der Waals surface area contributed by atoms with Crippen LogP contribution in [0, 0.1) is 5.41 Å². The Balaban J connectivity index is 3.20. The number of anilines is 2. The molecule has 0 radical (unpaired) electrons. The summed E-state index contributed by atoms with van der Waals surface area (Å²) < 4.78 is 5.08. The van der Waals surface area contributed by atoms with E-state index in [0.29, 0.717) is 23.7 Å². The highest BCUT2D eigenvalue weighted by atomic mass is 16.5. The summed E-state index contributed by atoms with van der Waals surface area (Å²) in [7, 11) is 1.93. The molecule has 0 aliphatic heterocycles. The van der Waals surface area contributed by atoms with Crippen LogP contribution in [0.5, 0.6) is 0 Å². The summed E-state index contributed by atoms with van der Waals surface area (Å²) in [5.74, 6) is 0.204. The molecule has 2 N–H and O–H groups in total. The number of aromatic nitrogens is 1. The molecule has 1 aromatic rings. The molecule has 5 nitrogen and oxygen atoms in total. The molecule has 5 heteroatoms. The van der Waals surface area contributed by atoms with E-state index in [1.807, 2.05) is 11.9 Å². The van der Waals surface area contributed by atoms with E-state index in [0.717, 1.165) is 0 Å². The van der Waals surface area contributed by atoms with Gasteiger partial charge in [-0.15, -0.1) is 0 Å². The van der Waals surface area contributed by atoms with Crippen molar-refractivity contribution in [2.45, 2.75) is 40.7 Å². The summed E-state index contributed by atoms with van der Waals surface area (Å²) in [5, 5.41) is 0. The number of pyridine rings is 1. The second-order valence-electron chi connectivity index (χ2n) is 6.01. The van der Waals surface area contributed by atoms with Crippen molar-refractivity contribution >= 4 is 17.5 Å². The molecular formula is C15H25N3O2. The zero-order chi connectivity index (χ0) is 15.5. The van der Waals surface area contributed by atoms with Gasteiger partial charge in [-0.1, -0.05) is 20.8 Å². The predicted octanol–water partition coefficient (Wildman–Crippen LogP) is 2.71. The van der Waals surface area contributed by atoms with Gasteiger partial charge in [-0.05, 0) is 25.3 Å². The van der Waals surface area contributed by atoms with E-state index in [4.69, 9.17) is 10.5 Å². The van der Waals surface area contributed by atoms with Gasteiger partial charge >= 0.3 is 5.97 Å². The number of nitrogens with two attached hydrogens (primary N) is 1. The number of ether oxygens (including phenoxy) is 1. The highest BCUT2D eigenvalue weighted by Crippen LogP contribution is 2.29. The Morgan fingerprint density at radius 1 is 1.50 bits per heavy atom. The molecule has 1 heterocycles. The summed E-state index contributed by atoms with van der Waals surface area (Å²) in [4.78, 5) is 18.4. The first-order chi connectivity index (χ1) is 9.18. The molecule has 0 aliphatic carbocycles. The van der Waals surface area contributed by atoms with Crippen LogP contribution in [0.15, 0.2) is 12.3 Å². The number of carbonyl (C=O) groups excluding carboxylic acids is 1. The maximum absolute atomic E-state index is 12.1. The van der Waals surface area contributed by atoms with Gasteiger partial charge in [0.1, 0.15) is 11.4 Å². The molecule has 1 atom stereocenters. The topological polar surface area (TPSA) is 68.5 Å². The lowest BCUT2D eigenvalue weighted by Gasteiger charge is -2.36. The Kier molecular flexibility index (Phi) is 4.98. The van der Waals surface area contributed by atoms with Crippen LogP contribution in [0.4, 0.5) is 11.5 Å². The average Bonchev–Trinajstić information content (AvgIpc) is 2.36. The van der Waals surface area contributed by atoms with Crippen LogP contribution in [0.3, 0.4) is 0 Å². The lowest BCUT2D eigenvalue weighted by atomic mass is 9.87. The van der Waals surface area contributed by atoms with Gasteiger partial charge in [0.05, 0.1) is 18.5 Å². The molecule has 0 bridgehead atoms. The quantitative estimate of drug-likeness (QED) is 0.858. The first-order valence-electron chi connectivity index (χ1n) is 6.84. The van der Waals surface area contributed by atoms with Gasteiger partial charge in [-0.2, -0.15) is 0 Å². The van der Waals surface area contributed by atoms with Crippen LogP contribution < -0.4 is 10.6 Å². The van der Waals surface area contributed by atoms with E-state index in [9.17, 15) is 4.79 Å². The monoisotopic (exact) mass is 279 g/mol. The Hall–Kier alpha value is -1.78. The minimum absolute atomic E-state index is 0.0593. The molecule has 0 fully saturated rings. The third-order valence-corrected chi connectivity index (χ3v) is 3.55. The number of esters is 1. The fourth-order valence-electron chi connectivity index (χ4n) is 1.88. The standard InChI is InChI=1S/C15H25N3O2/c1-7-20-14(19)12-8-11(16)9-17-13(12)18(6)10(2)15(3,4)5/h8-10H,7,16H2,1-6H3. The molecule has 112 valence electrons. The summed E-state index contributed by atoms with van der Waals surface area (Å²) >= 11 is 0. The summed E-state index contributed by atoms with van der Waals surface area (Å²) in [6.07, 6.45) is 1.56. The van der Waals surface area contributed by atoms with Crippen molar-refractivity contribution in [3.63, 3.8) is 0 Å². The Morgan fingerprint density at radius 3 is 2.60 bits per heavy atom. The SMILES string of the molecule is CCOC(=O)c1cc(N)cnc1N(C)C(C)C(C)(C)C. The van der Waals surface area contributed by atoms with Crippen LogP contribution in [-0.4, -0.2) is 30.6 Å². The Bertz CT molecular complexity index is 480. The van der Waals surface area contributed by atoms with E-state index in [1.165, 1.54) is 0 Å². The zero-order valence-electron chi connectivity index (χ0n) is 13.2. The molecule has 1 unspecified atom stereocenters. The van der Waals surface area contributed by atoms with Crippen LogP contribution >= 0.6 is 0 Å². The highest BCUT2D eigenvalue weighted by molar-refractivity contribution is 5.95. The number of hydrogen-bond donors (Lipinski definition) is 1. The third-order valence-electron chi connectivity index (χ3n) is 3.55. The maximum atomic E-state index is 12.1. The first-order valence-corrected chi connectivity index (χ1v) is 6.84. The molecule has 0 aromatic carbocycles. The minimum Gasteiger partial charge on any atom is -0.462 e. The van der Waals surface area contributed by atoms with Gasteiger partial charge in [-0.3, -0.25) is 0 Å². The van der Waals surface area contributed by atoms with Gasteiger partial charge in [-0.25, -0.2) is 9.78 Å². The second-order valence-corrected chi connectivity index (χ2v) is 6.01. The van der Waals surface area contributed by atoms with Crippen LogP contribution in [-0.2, 0) is 4.74 Å². The lowest BCUT2D eigenvalue weighted by Crippen LogP contribution is -2.40. The van der Waals surface area contributed by atoms with Crippen LogP contribution in [0.2, 0.25) is 0 Å². The molecular weight excluding hydrogens is 254 g/mol. The highest BCUT2D eigenvalue weighted by Gasteiger charge is 2.27. The number of nitrogens with zero attached hydrogens (tertiary/aromatic N) is 2. The molecule has 0 aliphatic rings. The van der Waals surface area contributed by atoms with E-state index in [2.05, 4.69) is 32.7 Å². The van der Waals surface area contributed by atoms with Crippen LogP contribution in [0.25, 0.3) is 0 Å². The molecule has 0 amide bonds. The lowest BCUT2D eigenvalue weighted by molar-refractivity contribution is 0.0526. The molecule has 20 heavy (non-hydrogen) atoms. The molecule has 0 saturated carbocycles.